The molecular formula is C21H26N6O2. The lowest BCUT2D eigenvalue weighted by Crippen LogP contribution is -2.33. The van der Waals surface area contributed by atoms with Crippen molar-refractivity contribution in [2.24, 2.45) is 7.05 Å². The number of aromatic nitrogens is 4. The van der Waals surface area contributed by atoms with Gasteiger partial charge in [0, 0.05) is 46.3 Å². The molecule has 1 aliphatic heterocycles. The topological polar surface area (TPSA) is 76.3 Å². The third-order valence-corrected chi connectivity index (χ3v) is 5.54. The summed E-state index contributed by atoms with van der Waals surface area (Å²) in [7, 11) is 3.63. The number of para-hydroxylation sites is 2. The molecule has 3 heterocycles. The van der Waals surface area contributed by atoms with Gasteiger partial charge in [-0.25, -0.2) is 4.98 Å². The molecule has 1 aromatic carbocycles. The Bertz CT molecular complexity index is 1080. The van der Waals surface area contributed by atoms with E-state index in [0.29, 0.717) is 18.9 Å². The van der Waals surface area contributed by atoms with Gasteiger partial charge in [0.05, 0.1) is 23.3 Å². The molecule has 0 N–H and O–H groups in total. The van der Waals surface area contributed by atoms with Gasteiger partial charge in [-0.15, -0.1) is 0 Å². The van der Waals surface area contributed by atoms with Crippen molar-refractivity contribution < 1.29 is 4.79 Å². The first-order chi connectivity index (χ1) is 14.0. The van der Waals surface area contributed by atoms with E-state index >= 15 is 0 Å². The van der Waals surface area contributed by atoms with E-state index in [-0.39, 0.29) is 17.9 Å². The Balaban J connectivity index is 1.56. The van der Waals surface area contributed by atoms with Crippen LogP contribution < -0.4 is 10.5 Å². The average Bonchev–Trinajstić information content (AvgIpc) is 3.39. The summed E-state index contributed by atoms with van der Waals surface area (Å²) in [5.74, 6) is 0.485. The second kappa shape index (κ2) is 8.06. The van der Waals surface area contributed by atoms with Crippen LogP contribution in [0, 0.1) is 0 Å². The van der Waals surface area contributed by atoms with E-state index in [1.54, 1.807) is 27.4 Å². The van der Waals surface area contributed by atoms with Crippen LogP contribution in [-0.2, 0) is 24.9 Å². The van der Waals surface area contributed by atoms with E-state index in [4.69, 9.17) is 0 Å². The molecule has 0 radical (unpaired) electrons. The highest BCUT2D eigenvalue weighted by atomic mass is 16.2. The van der Waals surface area contributed by atoms with Crippen LogP contribution >= 0.6 is 0 Å². The quantitative estimate of drug-likeness (QED) is 0.637. The first kappa shape index (κ1) is 19.2. The summed E-state index contributed by atoms with van der Waals surface area (Å²) >= 11 is 0. The van der Waals surface area contributed by atoms with Gasteiger partial charge < -0.3 is 14.4 Å². The molecule has 2 aromatic heterocycles. The molecule has 4 rings (SSSR count). The predicted molar refractivity (Wildman–Crippen MR) is 112 cm³/mol. The van der Waals surface area contributed by atoms with Gasteiger partial charge in [-0.1, -0.05) is 12.1 Å². The number of carbonyl (C=O) groups excluding carboxylic acids is 1. The minimum Gasteiger partial charge on any atom is -0.352 e. The maximum atomic E-state index is 13.2. The minimum absolute atomic E-state index is 0.0123. The summed E-state index contributed by atoms with van der Waals surface area (Å²) in [5, 5.41) is 4.14. The van der Waals surface area contributed by atoms with Crippen molar-refractivity contribution in [2.45, 2.75) is 32.4 Å². The number of fused-ring (bicyclic) bond motifs is 1. The SMILES string of the molecule is CN(Cc1ccnn1C)C(=O)CCn1c(=O)c(N2CCCC2)nc2ccccc21. The number of amides is 1. The van der Waals surface area contributed by atoms with Crippen molar-refractivity contribution in [3.05, 3.63) is 52.6 Å². The first-order valence-corrected chi connectivity index (χ1v) is 10.00. The van der Waals surface area contributed by atoms with Crippen LogP contribution in [0.3, 0.4) is 0 Å². The van der Waals surface area contributed by atoms with Gasteiger partial charge in [0.2, 0.25) is 5.91 Å². The summed E-state index contributed by atoms with van der Waals surface area (Å²) < 4.78 is 3.46. The number of rotatable bonds is 6. The van der Waals surface area contributed by atoms with Crippen LogP contribution in [0.2, 0.25) is 0 Å². The van der Waals surface area contributed by atoms with Crippen LogP contribution in [0.25, 0.3) is 11.0 Å². The van der Waals surface area contributed by atoms with Gasteiger partial charge in [-0.05, 0) is 31.0 Å². The van der Waals surface area contributed by atoms with E-state index in [0.717, 1.165) is 42.7 Å². The molecule has 0 aliphatic carbocycles. The zero-order valence-corrected chi connectivity index (χ0v) is 16.9. The highest BCUT2D eigenvalue weighted by Gasteiger charge is 2.20. The predicted octanol–water partition coefficient (Wildman–Crippen LogP) is 1.78. The largest absolute Gasteiger partial charge is 0.352 e. The molecule has 29 heavy (non-hydrogen) atoms. The maximum Gasteiger partial charge on any atom is 0.294 e. The normalized spacial score (nSPS) is 13.9. The van der Waals surface area contributed by atoms with Gasteiger partial charge in [0.1, 0.15) is 0 Å². The summed E-state index contributed by atoms with van der Waals surface area (Å²) in [6.07, 6.45) is 4.12. The smallest absolute Gasteiger partial charge is 0.294 e. The number of hydrogen-bond acceptors (Lipinski definition) is 5. The van der Waals surface area contributed by atoms with Crippen molar-refractivity contribution in [1.29, 1.82) is 0 Å². The highest BCUT2D eigenvalue weighted by Crippen LogP contribution is 2.18. The second-order valence-electron chi connectivity index (χ2n) is 7.52. The van der Waals surface area contributed by atoms with E-state index < -0.39 is 0 Å². The van der Waals surface area contributed by atoms with E-state index in [2.05, 4.69) is 15.0 Å². The van der Waals surface area contributed by atoms with Crippen molar-refractivity contribution in [3.8, 4) is 0 Å². The molecule has 0 bridgehead atoms. The molecule has 0 spiro atoms. The van der Waals surface area contributed by atoms with Crippen molar-refractivity contribution in [2.75, 3.05) is 25.0 Å². The lowest BCUT2D eigenvalue weighted by molar-refractivity contribution is -0.130. The van der Waals surface area contributed by atoms with Gasteiger partial charge in [0.15, 0.2) is 5.82 Å². The number of anilines is 1. The molecule has 1 saturated heterocycles. The molecular weight excluding hydrogens is 368 g/mol. The summed E-state index contributed by atoms with van der Waals surface area (Å²) in [6, 6.07) is 9.52. The van der Waals surface area contributed by atoms with Gasteiger partial charge in [-0.2, -0.15) is 5.10 Å². The van der Waals surface area contributed by atoms with Crippen LogP contribution in [-0.4, -0.2) is 50.3 Å². The molecule has 0 unspecified atom stereocenters. The zero-order valence-electron chi connectivity index (χ0n) is 16.9. The van der Waals surface area contributed by atoms with E-state index in [9.17, 15) is 9.59 Å². The third-order valence-electron chi connectivity index (χ3n) is 5.54. The van der Waals surface area contributed by atoms with Crippen molar-refractivity contribution in [1.82, 2.24) is 24.2 Å². The van der Waals surface area contributed by atoms with Gasteiger partial charge in [-0.3, -0.25) is 14.3 Å². The number of hydrogen-bond donors (Lipinski definition) is 0. The molecule has 1 aliphatic rings. The Labute approximate surface area is 169 Å². The fraction of sp³-hybridized carbons (Fsp3) is 0.429. The Morgan fingerprint density at radius 2 is 1.93 bits per heavy atom. The third kappa shape index (κ3) is 3.87. The molecule has 0 saturated carbocycles. The van der Waals surface area contributed by atoms with Crippen LogP contribution in [0.15, 0.2) is 41.3 Å². The molecule has 1 amide bonds. The number of nitrogens with zero attached hydrogens (tertiary/aromatic N) is 6. The van der Waals surface area contributed by atoms with Crippen LogP contribution in [0.1, 0.15) is 25.0 Å². The van der Waals surface area contributed by atoms with E-state index in [1.165, 1.54) is 0 Å². The Hall–Kier alpha value is -3.16. The molecule has 8 heteroatoms. The Morgan fingerprint density at radius 1 is 1.17 bits per heavy atom. The van der Waals surface area contributed by atoms with Crippen molar-refractivity contribution in [3.63, 3.8) is 0 Å². The summed E-state index contributed by atoms with van der Waals surface area (Å²) in [5.41, 5.74) is 2.39. The van der Waals surface area contributed by atoms with Crippen molar-refractivity contribution >= 4 is 22.8 Å². The second-order valence-corrected chi connectivity index (χ2v) is 7.52. The lowest BCUT2D eigenvalue weighted by Gasteiger charge is -2.20. The molecule has 8 nitrogen and oxygen atoms in total. The molecule has 3 aromatic rings. The number of aryl methyl sites for hydroxylation is 2. The fourth-order valence-corrected chi connectivity index (χ4v) is 3.82. The highest BCUT2D eigenvalue weighted by molar-refractivity contribution is 5.78. The number of benzene rings is 1. The van der Waals surface area contributed by atoms with Crippen LogP contribution in [0.4, 0.5) is 5.82 Å². The summed E-state index contributed by atoms with van der Waals surface area (Å²) in [4.78, 5) is 34.2. The van der Waals surface area contributed by atoms with Gasteiger partial charge in [0.25, 0.3) is 5.56 Å². The minimum atomic E-state index is -0.118. The Kier molecular flexibility index (Phi) is 5.33. The zero-order chi connectivity index (χ0) is 20.4. The van der Waals surface area contributed by atoms with Gasteiger partial charge >= 0.3 is 0 Å². The molecule has 1 fully saturated rings. The Morgan fingerprint density at radius 3 is 2.66 bits per heavy atom. The summed E-state index contributed by atoms with van der Waals surface area (Å²) in [6.45, 7) is 2.53. The maximum absolute atomic E-state index is 13.2. The standard InChI is InChI=1S/C21H26N6O2/c1-24(15-16-9-11-22-25(16)2)19(28)10-14-27-18-8-4-3-7-17(18)23-20(21(27)29)26-12-5-6-13-26/h3-4,7-9,11H,5-6,10,12-15H2,1-2H3. The molecule has 0 atom stereocenters. The number of carbonyl (C=O) groups is 1. The first-order valence-electron chi connectivity index (χ1n) is 10.00. The lowest BCUT2D eigenvalue weighted by atomic mass is 10.2. The fourth-order valence-electron chi connectivity index (χ4n) is 3.82. The average molecular weight is 394 g/mol. The van der Waals surface area contributed by atoms with E-state index in [1.807, 2.05) is 37.4 Å². The van der Waals surface area contributed by atoms with Crippen LogP contribution in [0.5, 0.6) is 0 Å². The monoisotopic (exact) mass is 394 g/mol. The molecule has 152 valence electrons.